The molecule has 3 rings (SSSR count). The predicted octanol–water partition coefficient (Wildman–Crippen LogP) is 5.23. The Morgan fingerprint density at radius 3 is 2.00 bits per heavy atom. The van der Waals surface area contributed by atoms with Crippen LogP contribution in [0.25, 0.3) is 0 Å². The molecular weight excluding hydrogens is 412 g/mol. The first-order valence-corrected chi connectivity index (χ1v) is 11.6. The summed E-state index contributed by atoms with van der Waals surface area (Å²) in [5.74, 6) is 1.75. The van der Waals surface area contributed by atoms with E-state index in [9.17, 15) is 9.59 Å². The Morgan fingerprint density at radius 2 is 1.42 bits per heavy atom. The van der Waals surface area contributed by atoms with Gasteiger partial charge in [-0.3, -0.25) is 9.59 Å². The maximum atomic E-state index is 13.4. The highest BCUT2D eigenvalue weighted by atomic mass is 16.3. The summed E-state index contributed by atoms with van der Waals surface area (Å²) in [7, 11) is 0. The SMILES string of the molecule is Cc1ccc(CN(Cc2ccccc2)C(=O)CN(CC(C)C)C(=O)CCc2ccccc2)o1. The van der Waals surface area contributed by atoms with E-state index in [0.717, 1.165) is 22.6 Å². The molecular formula is C28H34N2O3. The highest BCUT2D eigenvalue weighted by Gasteiger charge is 2.23. The van der Waals surface area contributed by atoms with Crippen molar-refractivity contribution in [3.63, 3.8) is 0 Å². The van der Waals surface area contributed by atoms with Crippen molar-refractivity contribution in [1.82, 2.24) is 9.80 Å². The minimum absolute atomic E-state index is 0.00871. The summed E-state index contributed by atoms with van der Waals surface area (Å²) in [4.78, 5) is 30.0. The van der Waals surface area contributed by atoms with Gasteiger partial charge in [0.15, 0.2) is 0 Å². The van der Waals surface area contributed by atoms with E-state index in [1.54, 1.807) is 9.80 Å². The zero-order valence-corrected chi connectivity index (χ0v) is 19.9. The largest absolute Gasteiger partial charge is 0.464 e. The molecule has 0 fully saturated rings. The summed E-state index contributed by atoms with van der Waals surface area (Å²) in [6, 6.07) is 23.7. The van der Waals surface area contributed by atoms with Gasteiger partial charge in [0.25, 0.3) is 0 Å². The van der Waals surface area contributed by atoms with Gasteiger partial charge in [-0.1, -0.05) is 74.5 Å². The third kappa shape index (κ3) is 7.94. The van der Waals surface area contributed by atoms with Crippen LogP contribution in [-0.2, 0) is 29.1 Å². The molecule has 0 bridgehead atoms. The van der Waals surface area contributed by atoms with Crippen molar-refractivity contribution >= 4 is 11.8 Å². The molecule has 0 aliphatic carbocycles. The zero-order chi connectivity index (χ0) is 23.6. The molecule has 0 N–H and O–H groups in total. The summed E-state index contributed by atoms with van der Waals surface area (Å²) < 4.78 is 5.73. The lowest BCUT2D eigenvalue weighted by molar-refractivity contribution is -0.141. The third-order valence-corrected chi connectivity index (χ3v) is 5.45. The maximum Gasteiger partial charge on any atom is 0.242 e. The Bertz CT molecular complexity index is 1010. The number of amides is 2. The molecule has 174 valence electrons. The summed E-state index contributed by atoms with van der Waals surface area (Å²) in [6.07, 6.45) is 1.06. The van der Waals surface area contributed by atoms with Crippen LogP contribution in [0.2, 0.25) is 0 Å². The Morgan fingerprint density at radius 1 is 0.788 bits per heavy atom. The smallest absolute Gasteiger partial charge is 0.242 e. The van der Waals surface area contributed by atoms with Crippen molar-refractivity contribution in [2.45, 2.75) is 46.7 Å². The number of carbonyl (C=O) groups excluding carboxylic acids is 2. The van der Waals surface area contributed by atoms with Crippen LogP contribution in [0, 0.1) is 12.8 Å². The van der Waals surface area contributed by atoms with E-state index >= 15 is 0 Å². The normalized spacial score (nSPS) is 10.9. The predicted molar refractivity (Wildman–Crippen MR) is 130 cm³/mol. The maximum absolute atomic E-state index is 13.4. The second-order valence-corrected chi connectivity index (χ2v) is 8.90. The molecule has 2 aromatic carbocycles. The monoisotopic (exact) mass is 446 g/mol. The Hall–Kier alpha value is -3.34. The van der Waals surface area contributed by atoms with Crippen LogP contribution in [0.15, 0.2) is 77.2 Å². The van der Waals surface area contributed by atoms with E-state index in [2.05, 4.69) is 13.8 Å². The number of nitrogens with zero attached hydrogens (tertiary/aromatic N) is 2. The number of carbonyl (C=O) groups is 2. The van der Waals surface area contributed by atoms with Crippen molar-refractivity contribution in [3.8, 4) is 0 Å². The molecule has 0 spiro atoms. The second-order valence-electron chi connectivity index (χ2n) is 8.90. The molecule has 0 saturated heterocycles. The number of hydrogen-bond donors (Lipinski definition) is 0. The lowest BCUT2D eigenvalue weighted by Gasteiger charge is -2.28. The minimum Gasteiger partial charge on any atom is -0.464 e. The molecule has 0 saturated carbocycles. The molecule has 0 aliphatic rings. The van der Waals surface area contributed by atoms with Crippen LogP contribution >= 0.6 is 0 Å². The lowest BCUT2D eigenvalue weighted by atomic mass is 10.1. The lowest BCUT2D eigenvalue weighted by Crippen LogP contribution is -2.44. The van der Waals surface area contributed by atoms with Crippen molar-refractivity contribution in [3.05, 3.63) is 95.4 Å². The van der Waals surface area contributed by atoms with E-state index in [-0.39, 0.29) is 24.3 Å². The van der Waals surface area contributed by atoms with Gasteiger partial charge >= 0.3 is 0 Å². The van der Waals surface area contributed by atoms with Crippen LogP contribution < -0.4 is 0 Å². The summed E-state index contributed by atoms with van der Waals surface area (Å²) in [5.41, 5.74) is 2.17. The molecule has 33 heavy (non-hydrogen) atoms. The van der Waals surface area contributed by atoms with Crippen LogP contribution in [-0.4, -0.2) is 34.7 Å². The first-order valence-electron chi connectivity index (χ1n) is 11.6. The molecule has 0 radical (unpaired) electrons. The van der Waals surface area contributed by atoms with E-state index in [4.69, 9.17) is 4.42 Å². The van der Waals surface area contributed by atoms with Crippen molar-refractivity contribution < 1.29 is 14.0 Å². The van der Waals surface area contributed by atoms with E-state index < -0.39 is 0 Å². The standard InChI is InChI=1S/C28H34N2O3/c1-22(2)18-29(27(31)17-15-24-10-6-4-7-11-24)21-28(32)30(19-25-12-8-5-9-13-25)20-26-16-14-23(3)33-26/h4-14,16,22H,15,17-21H2,1-3H3. The van der Waals surface area contributed by atoms with Gasteiger partial charge in [0.05, 0.1) is 13.1 Å². The molecule has 3 aromatic rings. The third-order valence-electron chi connectivity index (χ3n) is 5.45. The molecule has 0 unspecified atom stereocenters. The topological polar surface area (TPSA) is 53.8 Å². The van der Waals surface area contributed by atoms with Crippen molar-refractivity contribution in [1.29, 1.82) is 0 Å². The van der Waals surface area contributed by atoms with Crippen LogP contribution in [0.3, 0.4) is 0 Å². The quantitative estimate of drug-likeness (QED) is 0.405. The molecule has 5 heteroatoms. The minimum atomic E-state index is -0.0818. The van der Waals surface area contributed by atoms with Gasteiger partial charge in [0.2, 0.25) is 11.8 Å². The summed E-state index contributed by atoms with van der Waals surface area (Å²) in [6.45, 7) is 7.48. The number of aryl methyl sites for hydroxylation is 2. The van der Waals surface area contributed by atoms with Crippen LogP contribution in [0.1, 0.15) is 42.9 Å². The molecule has 1 aromatic heterocycles. The Balaban J connectivity index is 1.71. The first kappa shape index (κ1) is 24.3. The van der Waals surface area contributed by atoms with Crippen LogP contribution in [0.4, 0.5) is 0 Å². The zero-order valence-electron chi connectivity index (χ0n) is 19.9. The second kappa shape index (κ2) is 12.0. The Labute approximate surface area is 197 Å². The number of benzene rings is 2. The fourth-order valence-electron chi connectivity index (χ4n) is 3.81. The van der Waals surface area contributed by atoms with E-state index in [0.29, 0.717) is 32.5 Å². The van der Waals surface area contributed by atoms with Gasteiger partial charge in [0.1, 0.15) is 11.5 Å². The summed E-state index contributed by atoms with van der Waals surface area (Å²) >= 11 is 0. The van der Waals surface area contributed by atoms with E-state index in [1.807, 2.05) is 79.7 Å². The summed E-state index contributed by atoms with van der Waals surface area (Å²) in [5, 5.41) is 0. The van der Waals surface area contributed by atoms with Crippen molar-refractivity contribution in [2.24, 2.45) is 5.92 Å². The van der Waals surface area contributed by atoms with E-state index in [1.165, 1.54) is 0 Å². The first-order chi connectivity index (χ1) is 15.9. The van der Waals surface area contributed by atoms with Gasteiger partial charge in [0, 0.05) is 19.5 Å². The van der Waals surface area contributed by atoms with Gasteiger partial charge in [-0.15, -0.1) is 0 Å². The Kier molecular flexibility index (Phi) is 8.87. The van der Waals surface area contributed by atoms with Gasteiger partial charge in [-0.25, -0.2) is 0 Å². The highest BCUT2D eigenvalue weighted by Crippen LogP contribution is 2.15. The molecule has 1 heterocycles. The van der Waals surface area contributed by atoms with Crippen molar-refractivity contribution in [2.75, 3.05) is 13.1 Å². The highest BCUT2D eigenvalue weighted by molar-refractivity contribution is 5.85. The fourth-order valence-corrected chi connectivity index (χ4v) is 3.81. The van der Waals surface area contributed by atoms with Gasteiger partial charge in [-0.05, 0) is 42.5 Å². The van der Waals surface area contributed by atoms with Gasteiger partial charge in [-0.2, -0.15) is 0 Å². The average molecular weight is 447 g/mol. The fraction of sp³-hybridized carbons (Fsp3) is 0.357. The van der Waals surface area contributed by atoms with Gasteiger partial charge < -0.3 is 14.2 Å². The average Bonchev–Trinajstić information content (AvgIpc) is 3.22. The molecule has 0 atom stereocenters. The molecule has 5 nitrogen and oxygen atoms in total. The number of rotatable bonds is 11. The molecule has 0 aliphatic heterocycles. The van der Waals surface area contributed by atoms with Crippen LogP contribution in [0.5, 0.6) is 0 Å². The number of furan rings is 1. The number of hydrogen-bond acceptors (Lipinski definition) is 3. The molecule has 2 amide bonds.